The van der Waals surface area contributed by atoms with Gasteiger partial charge in [-0.2, -0.15) is 4.98 Å². The van der Waals surface area contributed by atoms with Gasteiger partial charge in [0.05, 0.1) is 10.7 Å². The summed E-state index contributed by atoms with van der Waals surface area (Å²) in [5.74, 6) is 1.32. The summed E-state index contributed by atoms with van der Waals surface area (Å²) >= 11 is 6.13. The van der Waals surface area contributed by atoms with Crippen molar-refractivity contribution in [3.63, 3.8) is 0 Å². The van der Waals surface area contributed by atoms with Gasteiger partial charge in [0.2, 0.25) is 5.95 Å². The van der Waals surface area contributed by atoms with Crippen LogP contribution in [0.5, 0.6) is 0 Å². The molecule has 0 saturated carbocycles. The summed E-state index contributed by atoms with van der Waals surface area (Å²) in [6, 6.07) is 9.44. The molecule has 0 aliphatic carbocycles. The molecular weight excluding hydrogens is 272 g/mol. The second-order valence-electron chi connectivity index (χ2n) is 5.70. The predicted octanol–water partition coefficient (Wildman–Crippen LogP) is 4.39. The number of hydrogen-bond acceptors (Lipinski definition) is 4. The highest BCUT2D eigenvalue weighted by Crippen LogP contribution is 2.24. The van der Waals surface area contributed by atoms with Crippen LogP contribution in [0, 0.1) is 6.92 Å². The van der Waals surface area contributed by atoms with Crippen LogP contribution in [0.15, 0.2) is 30.3 Å². The minimum atomic E-state index is -0.0531. The molecule has 2 rings (SSSR count). The molecule has 0 fully saturated rings. The van der Waals surface area contributed by atoms with Gasteiger partial charge in [0, 0.05) is 17.3 Å². The number of anilines is 3. The minimum Gasteiger partial charge on any atom is -0.365 e. The van der Waals surface area contributed by atoms with Crippen molar-refractivity contribution in [2.45, 2.75) is 33.2 Å². The highest BCUT2D eigenvalue weighted by Gasteiger charge is 2.12. The van der Waals surface area contributed by atoms with Gasteiger partial charge in [0.1, 0.15) is 5.82 Å². The third-order valence-corrected chi connectivity index (χ3v) is 2.81. The summed E-state index contributed by atoms with van der Waals surface area (Å²) in [7, 11) is 0. The summed E-state index contributed by atoms with van der Waals surface area (Å²) in [4.78, 5) is 8.84. The lowest BCUT2D eigenvalue weighted by Crippen LogP contribution is -2.27. The van der Waals surface area contributed by atoms with Crippen molar-refractivity contribution in [3.05, 3.63) is 41.0 Å². The van der Waals surface area contributed by atoms with E-state index in [1.165, 1.54) is 0 Å². The normalized spacial score (nSPS) is 11.2. The number of nitrogens with one attached hydrogen (secondary N) is 2. The molecule has 0 radical (unpaired) electrons. The van der Waals surface area contributed by atoms with Crippen LogP contribution < -0.4 is 10.6 Å². The molecule has 0 bridgehead atoms. The van der Waals surface area contributed by atoms with Crippen molar-refractivity contribution in [1.82, 2.24) is 9.97 Å². The van der Waals surface area contributed by atoms with Gasteiger partial charge < -0.3 is 10.6 Å². The zero-order valence-corrected chi connectivity index (χ0v) is 12.9. The fourth-order valence-electron chi connectivity index (χ4n) is 1.76. The topological polar surface area (TPSA) is 49.8 Å². The lowest BCUT2D eigenvalue weighted by atomic mass is 10.1. The van der Waals surface area contributed by atoms with E-state index in [0.717, 1.165) is 17.2 Å². The Bertz CT molecular complexity index is 605. The molecule has 106 valence electrons. The van der Waals surface area contributed by atoms with Gasteiger partial charge in [0.25, 0.3) is 0 Å². The molecule has 2 aromatic rings. The van der Waals surface area contributed by atoms with E-state index in [0.29, 0.717) is 11.0 Å². The lowest BCUT2D eigenvalue weighted by Gasteiger charge is -2.21. The fourth-order valence-corrected chi connectivity index (χ4v) is 1.94. The van der Waals surface area contributed by atoms with Gasteiger partial charge in [-0.25, -0.2) is 4.98 Å². The number of nitrogens with zero attached hydrogens (tertiary/aromatic N) is 2. The molecule has 0 unspecified atom stereocenters. The molecule has 5 heteroatoms. The second kappa shape index (κ2) is 5.67. The van der Waals surface area contributed by atoms with E-state index in [4.69, 9.17) is 11.6 Å². The minimum absolute atomic E-state index is 0.0531. The molecule has 20 heavy (non-hydrogen) atoms. The highest BCUT2D eigenvalue weighted by atomic mass is 35.5. The van der Waals surface area contributed by atoms with Crippen LogP contribution >= 0.6 is 11.6 Å². The maximum absolute atomic E-state index is 6.13. The molecule has 0 aliphatic heterocycles. The SMILES string of the molecule is Cc1cc(NC(C)(C)C)nc(Nc2ccccc2Cl)n1. The average molecular weight is 291 g/mol. The van der Waals surface area contributed by atoms with Crippen molar-refractivity contribution in [2.24, 2.45) is 0 Å². The highest BCUT2D eigenvalue weighted by molar-refractivity contribution is 6.33. The first-order valence-electron chi connectivity index (χ1n) is 6.49. The van der Waals surface area contributed by atoms with Crippen LogP contribution in [0.1, 0.15) is 26.5 Å². The molecule has 0 saturated heterocycles. The number of benzene rings is 1. The van der Waals surface area contributed by atoms with Crippen LogP contribution in [0.25, 0.3) is 0 Å². The molecule has 0 aliphatic rings. The monoisotopic (exact) mass is 290 g/mol. The molecule has 1 aromatic heterocycles. The summed E-state index contributed by atoms with van der Waals surface area (Å²) < 4.78 is 0. The Labute approximate surface area is 124 Å². The largest absolute Gasteiger partial charge is 0.365 e. The lowest BCUT2D eigenvalue weighted by molar-refractivity contribution is 0.630. The van der Waals surface area contributed by atoms with E-state index in [1.807, 2.05) is 37.3 Å². The van der Waals surface area contributed by atoms with E-state index < -0.39 is 0 Å². The molecular formula is C15H19ClN4. The Hall–Kier alpha value is -1.81. The maximum atomic E-state index is 6.13. The van der Waals surface area contributed by atoms with Crippen LogP contribution in [0.3, 0.4) is 0 Å². The van der Waals surface area contributed by atoms with Gasteiger partial charge in [-0.3, -0.25) is 0 Å². The van der Waals surface area contributed by atoms with Crippen molar-refractivity contribution < 1.29 is 0 Å². The third-order valence-electron chi connectivity index (χ3n) is 2.48. The van der Waals surface area contributed by atoms with Crippen molar-refractivity contribution in [1.29, 1.82) is 0 Å². The van der Waals surface area contributed by atoms with E-state index in [2.05, 4.69) is 41.4 Å². The summed E-state index contributed by atoms with van der Waals surface area (Å²) in [6.45, 7) is 8.20. The van der Waals surface area contributed by atoms with E-state index in [9.17, 15) is 0 Å². The first-order chi connectivity index (χ1) is 9.33. The van der Waals surface area contributed by atoms with E-state index >= 15 is 0 Å². The van der Waals surface area contributed by atoms with Crippen molar-refractivity contribution in [2.75, 3.05) is 10.6 Å². The van der Waals surface area contributed by atoms with Gasteiger partial charge in [-0.05, 0) is 39.8 Å². The predicted molar refractivity (Wildman–Crippen MR) is 84.9 cm³/mol. The zero-order chi connectivity index (χ0) is 14.8. The number of aromatic nitrogens is 2. The maximum Gasteiger partial charge on any atom is 0.229 e. The number of para-hydroxylation sites is 1. The standard InChI is InChI=1S/C15H19ClN4/c1-10-9-13(20-15(2,3)4)19-14(17-10)18-12-8-6-5-7-11(12)16/h5-9H,1-4H3,(H2,17,18,19,20). The molecule has 2 N–H and O–H groups in total. The van der Waals surface area contributed by atoms with Gasteiger partial charge in [0.15, 0.2) is 0 Å². The number of halogens is 1. The zero-order valence-electron chi connectivity index (χ0n) is 12.2. The first kappa shape index (κ1) is 14.6. The van der Waals surface area contributed by atoms with Gasteiger partial charge in [-0.15, -0.1) is 0 Å². The Morgan fingerprint density at radius 1 is 1.10 bits per heavy atom. The quantitative estimate of drug-likeness (QED) is 0.880. The third kappa shape index (κ3) is 4.10. The average Bonchev–Trinajstić information content (AvgIpc) is 2.29. The number of rotatable bonds is 3. The Morgan fingerprint density at radius 2 is 1.80 bits per heavy atom. The molecule has 0 spiro atoms. The smallest absolute Gasteiger partial charge is 0.229 e. The van der Waals surface area contributed by atoms with Crippen molar-refractivity contribution in [3.8, 4) is 0 Å². The number of hydrogen-bond donors (Lipinski definition) is 2. The Balaban J connectivity index is 2.27. The molecule has 0 atom stereocenters. The molecule has 1 heterocycles. The number of aryl methyl sites for hydroxylation is 1. The fraction of sp³-hybridized carbons (Fsp3) is 0.333. The molecule has 0 amide bonds. The molecule has 1 aromatic carbocycles. The molecule has 4 nitrogen and oxygen atoms in total. The summed E-state index contributed by atoms with van der Waals surface area (Å²) in [5.41, 5.74) is 1.63. The van der Waals surface area contributed by atoms with Crippen LogP contribution in [0.4, 0.5) is 17.5 Å². The Kier molecular flexibility index (Phi) is 4.14. The first-order valence-corrected chi connectivity index (χ1v) is 6.87. The van der Waals surface area contributed by atoms with E-state index in [1.54, 1.807) is 0 Å². The van der Waals surface area contributed by atoms with E-state index in [-0.39, 0.29) is 5.54 Å². The van der Waals surface area contributed by atoms with Crippen LogP contribution in [-0.2, 0) is 0 Å². The van der Waals surface area contributed by atoms with Crippen LogP contribution in [-0.4, -0.2) is 15.5 Å². The summed E-state index contributed by atoms with van der Waals surface area (Å²) in [6.07, 6.45) is 0. The Morgan fingerprint density at radius 3 is 2.45 bits per heavy atom. The van der Waals surface area contributed by atoms with Crippen molar-refractivity contribution >= 4 is 29.1 Å². The van der Waals surface area contributed by atoms with Gasteiger partial charge in [-0.1, -0.05) is 23.7 Å². The van der Waals surface area contributed by atoms with Crippen LogP contribution in [0.2, 0.25) is 5.02 Å². The summed E-state index contributed by atoms with van der Waals surface area (Å²) in [5, 5.41) is 7.13. The van der Waals surface area contributed by atoms with Gasteiger partial charge >= 0.3 is 0 Å². The second-order valence-corrected chi connectivity index (χ2v) is 6.11.